The summed E-state index contributed by atoms with van der Waals surface area (Å²) in [6.07, 6.45) is -4.42. The van der Waals surface area contributed by atoms with Gasteiger partial charge in [-0.3, -0.25) is 9.79 Å². The minimum absolute atomic E-state index is 0. The number of nitrogens with one attached hydrogen (secondary N) is 2. The van der Waals surface area contributed by atoms with Crippen molar-refractivity contribution < 1.29 is 18.0 Å². The van der Waals surface area contributed by atoms with Crippen molar-refractivity contribution >= 4 is 51.8 Å². The van der Waals surface area contributed by atoms with Gasteiger partial charge in [-0.25, -0.2) is 0 Å². The minimum Gasteiger partial charge on any atom is -0.350 e. The smallest absolute Gasteiger partial charge is 0.350 e. The molecule has 1 atom stereocenters. The van der Waals surface area contributed by atoms with Crippen molar-refractivity contribution in [2.75, 3.05) is 27.2 Å². The first kappa shape index (κ1) is 24.0. The Balaban J connectivity index is 0.00000576. The summed E-state index contributed by atoms with van der Waals surface area (Å²) in [6, 6.07) is 7.50. The van der Waals surface area contributed by atoms with Gasteiger partial charge in [0, 0.05) is 18.6 Å². The molecule has 0 saturated heterocycles. The van der Waals surface area contributed by atoms with Crippen molar-refractivity contribution in [1.29, 1.82) is 0 Å². The molecule has 1 aromatic rings. The molecule has 1 unspecified atom stereocenters. The van der Waals surface area contributed by atoms with E-state index in [9.17, 15) is 18.0 Å². The van der Waals surface area contributed by atoms with Crippen LogP contribution < -0.4 is 10.6 Å². The number of nitrogens with zero attached hydrogens (tertiary/aromatic N) is 2. The zero-order valence-electron chi connectivity index (χ0n) is 14.0. The van der Waals surface area contributed by atoms with Crippen LogP contribution in [0.5, 0.6) is 0 Å². The van der Waals surface area contributed by atoms with E-state index in [1.54, 1.807) is 0 Å². The molecule has 2 N–H and O–H groups in total. The maximum Gasteiger partial charge on any atom is 0.406 e. The van der Waals surface area contributed by atoms with Crippen molar-refractivity contribution in [2.45, 2.75) is 19.1 Å². The summed E-state index contributed by atoms with van der Waals surface area (Å²) in [5, 5.41) is 5.80. The van der Waals surface area contributed by atoms with Gasteiger partial charge in [0.05, 0.1) is 12.6 Å². The number of guanidine groups is 1. The molecule has 0 fully saturated rings. The highest BCUT2D eigenvalue weighted by Gasteiger charge is 2.31. The quantitative estimate of drug-likeness (QED) is 0.345. The summed E-state index contributed by atoms with van der Waals surface area (Å²) in [7, 11) is 2.63. The Hall–Kier alpha value is -1.04. The van der Waals surface area contributed by atoms with Gasteiger partial charge in [0.1, 0.15) is 6.54 Å². The van der Waals surface area contributed by atoms with Gasteiger partial charge < -0.3 is 15.5 Å². The fourth-order valence-electron chi connectivity index (χ4n) is 1.96. The molecule has 0 heterocycles. The standard InChI is InChI=1S/C15H20BrF3N4O.HI/c1-10(11-6-4-5-7-12(11)16)22-14(20-2)21-8-13(24)23(3)9-15(17,18)19;/h4-7,10H,8-9H2,1-3H3,(H2,20,21,22);1H. The second-order valence-electron chi connectivity index (χ2n) is 5.18. The van der Waals surface area contributed by atoms with Gasteiger partial charge in [0.2, 0.25) is 5.91 Å². The number of rotatable bonds is 5. The Morgan fingerprint density at radius 3 is 2.48 bits per heavy atom. The number of benzene rings is 1. The van der Waals surface area contributed by atoms with E-state index < -0.39 is 18.6 Å². The maximum absolute atomic E-state index is 12.3. The van der Waals surface area contributed by atoms with Crippen molar-refractivity contribution in [3.8, 4) is 0 Å². The highest BCUT2D eigenvalue weighted by molar-refractivity contribution is 14.0. The van der Waals surface area contributed by atoms with Crippen LogP contribution in [-0.4, -0.2) is 50.1 Å². The molecule has 0 aromatic heterocycles. The molecule has 10 heteroatoms. The second kappa shape index (κ2) is 10.8. The van der Waals surface area contributed by atoms with Crippen LogP contribution in [0.1, 0.15) is 18.5 Å². The average Bonchev–Trinajstić information content (AvgIpc) is 2.49. The van der Waals surface area contributed by atoms with Gasteiger partial charge >= 0.3 is 6.18 Å². The maximum atomic E-state index is 12.3. The average molecular weight is 537 g/mol. The van der Waals surface area contributed by atoms with Crippen LogP contribution in [-0.2, 0) is 4.79 Å². The first-order valence-electron chi connectivity index (χ1n) is 7.16. The van der Waals surface area contributed by atoms with E-state index in [-0.39, 0.29) is 36.6 Å². The zero-order chi connectivity index (χ0) is 18.3. The molecule has 1 aromatic carbocycles. The first-order chi connectivity index (χ1) is 11.1. The molecule has 0 bridgehead atoms. The molecular formula is C15H21BrF3IN4O. The molecule has 0 radical (unpaired) electrons. The summed E-state index contributed by atoms with van der Waals surface area (Å²) in [5.41, 5.74) is 0.987. The van der Waals surface area contributed by atoms with Gasteiger partial charge in [-0.2, -0.15) is 13.2 Å². The molecule has 0 aliphatic rings. The topological polar surface area (TPSA) is 56.7 Å². The third-order valence-electron chi connectivity index (χ3n) is 3.20. The van der Waals surface area contributed by atoms with E-state index in [1.807, 2.05) is 31.2 Å². The molecule has 5 nitrogen and oxygen atoms in total. The van der Waals surface area contributed by atoms with Crippen LogP contribution in [0.3, 0.4) is 0 Å². The van der Waals surface area contributed by atoms with E-state index in [1.165, 1.54) is 7.05 Å². The number of likely N-dealkylation sites (N-methyl/N-ethyl adjacent to an activating group) is 1. The van der Waals surface area contributed by atoms with Gasteiger partial charge in [0.15, 0.2) is 5.96 Å². The summed E-state index contributed by atoms with van der Waals surface area (Å²) in [5.74, 6) is -0.351. The number of aliphatic imine (C=N–C) groups is 1. The predicted octanol–water partition coefficient (Wildman–Crippen LogP) is 3.31. The monoisotopic (exact) mass is 536 g/mol. The van der Waals surface area contributed by atoms with Gasteiger partial charge in [0.25, 0.3) is 0 Å². The van der Waals surface area contributed by atoms with Crippen molar-refractivity contribution in [3.63, 3.8) is 0 Å². The molecule has 1 amide bonds. The fourth-order valence-corrected chi connectivity index (χ4v) is 2.58. The molecule has 142 valence electrons. The van der Waals surface area contributed by atoms with Gasteiger partial charge in [-0.1, -0.05) is 34.1 Å². The highest BCUT2D eigenvalue weighted by atomic mass is 127. The Labute approximate surface area is 170 Å². The highest BCUT2D eigenvalue weighted by Crippen LogP contribution is 2.22. The Kier molecular flexibility index (Phi) is 10.4. The summed E-state index contributed by atoms with van der Waals surface area (Å²) in [4.78, 5) is 16.3. The van der Waals surface area contributed by atoms with Crippen LogP contribution in [0, 0.1) is 0 Å². The van der Waals surface area contributed by atoms with E-state index in [0.29, 0.717) is 10.9 Å². The molecule has 25 heavy (non-hydrogen) atoms. The Morgan fingerprint density at radius 2 is 1.96 bits per heavy atom. The number of amides is 1. The number of halogens is 5. The normalized spacial score (nSPS) is 12.8. The second-order valence-corrected chi connectivity index (χ2v) is 6.03. The lowest BCUT2D eigenvalue weighted by atomic mass is 10.1. The number of carbonyl (C=O) groups is 1. The Morgan fingerprint density at radius 1 is 1.36 bits per heavy atom. The van der Waals surface area contributed by atoms with Crippen molar-refractivity contribution in [2.24, 2.45) is 4.99 Å². The largest absolute Gasteiger partial charge is 0.406 e. The lowest BCUT2D eigenvalue weighted by Gasteiger charge is -2.22. The van der Waals surface area contributed by atoms with Crippen LogP contribution in [0.25, 0.3) is 0 Å². The van der Waals surface area contributed by atoms with E-state index in [2.05, 4.69) is 31.6 Å². The molecule has 0 spiro atoms. The fraction of sp³-hybridized carbons (Fsp3) is 0.467. The Bertz CT molecular complexity index is 598. The SMILES string of the molecule is CN=C(NCC(=O)N(C)CC(F)(F)F)NC(C)c1ccccc1Br.I. The molecular weight excluding hydrogens is 516 g/mol. The lowest BCUT2D eigenvalue weighted by Crippen LogP contribution is -2.46. The first-order valence-corrected chi connectivity index (χ1v) is 7.95. The lowest BCUT2D eigenvalue weighted by molar-refractivity contribution is -0.157. The number of hydrogen-bond acceptors (Lipinski definition) is 2. The number of carbonyl (C=O) groups excluding carboxylic acids is 1. The van der Waals surface area contributed by atoms with E-state index in [0.717, 1.165) is 17.1 Å². The third-order valence-corrected chi connectivity index (χ3v) is 3.92. The predicted molar refractivity (Wildman–Crippen MR) is 106 cm³/mol. The third kappa shape index (κ3) is 8.75. The van der Waals surface area contributed by atoms with Crippen LogP contribution in [0.4, 0.5) is 13.2 Å². The molecule has 0 aliphatic carbocycles. The van der Waals surface area contributed by atoms with Crippen molar-refractivity contribution in [1.82, 2.24) is 15.5 Å². The molecule has 1 rings (SSSR count). The van der Waals surface area contributed by atoms with Crippen LogP contribution in [0.15, 0.2) is 33.7 Å². The molecule has 0 aliphatic heterocycles. The molecule has 0 saturated carbocycles. The number of alkyl halides is 3. The van der Waals surface area contributed by atoms with Crippen LogP contribution >= 0.6 is 39.9 Å². The van der Waals surface area contributed by atoms with E-state index in [4.69, 9.17) is 0 Å². The minimum atomic E-state index is -4.42. The van der Waals surface area contributed by atoms with Gasteiger partial charge in [-0.15, -0.1) is 24.0 Å². The summed E-state index contributed by atoms with van der Waals surface area (Å²) >= 11 is 3.45. The summed E-state index contributed by atoms with van der Waals surface area (Å²) in [6.45, 7) is 0.340. The van der Waals surface area contributed by atoms with Crippen molar-refractivity contribution in [3.05, 3.63) is 34.3 Å². The van der Waals surface area contributed by atoms with Crippen LogP contribution in [0.2, 0.25) is 0 Å². The summed E-state index contributed by atoms with van der Waals surface area (Å²) < 4.78 is 37.7. The van der Waals surface area contributed by atoms with E-state index >= 15 is 0 Å². The van der Waals surface area contributed by atoms with Gasteiger partial charge in [-0.05, 0) is 18.6 Å². The number of hydrogen-bond donors (Lipinski definition) is 2. The zero-order valence-corrected chi connectivity index (χ0v) is 17.9.